The van der Waals surface area contributed by atoms with Gasteiger partial charge in [-0.2, -0.15) is 12.6 Å². The molecule has 0 bridgehead atoms. The van der Waals surface area contributed by atoms with E-state index in [-0.39, 0.29) is 0 Å². The Morgan fingerprint density at radius 1 is 1.36 bits per heavy atom. The van der Waals surface area contributed by atoms with Gasteiger partial charge in [0.2, 0.25) is 0 Å². The summed E-state index contributed by atoms with van der Waals surface area (Å²) in [5, 5.41) is 1.84. The first-order chi connectivity index (χ1) is 5.25. The second-order valence-corrected chi connectivity index (χ2v) is 2.89. The van der Waals surface area contributed by atoms with E-state index in [1.807, 2.05) is 17.5 Å². The predicted octanol–water partition coefficient (Wildman–Crippen LogP) is 3.29. The molecule has 1 aromatic rings. The first-order valence-corrected chi connectivity index (χ1v) is 4.14. The van der Waals surface area contributed by atoms with Crippen molar-refractivity contribution in [3.63, 3.8) is 0 Å². The lowest BCUT2D eigenvalue weighted by Gasteiger charge is -2.03. The van der Waals surface area contributed by atoms with Crippen LogP contribution in [0.1, 0.15) is 18.1 Å². The average Bonchev–Trinajstić information content (AvgIpc) is 2.04. The van der Waals surface area contributed by atoms with E-state index in [0.29, 0.717) is 0 Å². The number of rotatable bonds is 1. The molecule has 0 aliphatic rings. The van der Waals surface area contributed by atoms with Crippen LogP contribution >= 0.6 is 12.6 Å². The molecule has 0 N–H and O–H groups in total. The molecule has 0 fully saturated rings. The number of hydrogen-bond acceptors (Lipinski definition) is 1. The third-order valence-electron chi connectivity index (χ3n) is 1.76. The lowest BCUT2D eigenvalue weighted by molar-refractivity contribution is 1.41. The van der Waals surface area contributed by atoms with Gasteiger partial charge in [-0.15, -0.1) is 0 Å². The van der Waals surface area contributed by atoms with Crippen LogP contribution in [0.2, 0.25) is 0 Å². The minimum Gasteiger partial charge on any atom is -0.151 e. The van der Waals surface area contributed by atoms with Crippen LogP contribution in [0.4, 0.5) is 0 Å². The Kier molecular flexibility index (Phi) is 2.77. The molecule has 0 saturated heterocycles. The van der Waals surface area contributed by atoms with Crippen LogP contribution in [0.15, 0.2) is 29.7 Å². The van der Waals surface area contributed by atoms with Gasteiger partial charge in [-0.05, 0) is 36.0 Å². The van der Waals surface area contributed by atoms with E-state index >= 15 is 0 Å². The summed E-state index contributed by atoms with van der Waals surface area (Å²) in [5.74, 6) is 0. The Morgan fingerprint density at radius 2 is 2.00 bits per heavy atom. The van der Waals surface area contributed by atoms with Gasteiger partial charge in [-0.1, -0.05) is 24.3 Å². The fraction of sp³-hybridized carbons (Fsp3) is 0.200. The highest BCUT2D eigenvalue weighted by Crippen LogP contribution is 2.17. The number of allylic oxidation sites excluding steroid dienone is 1. The summed E-state index contributed by atoms with van der Waals surface area (Å²) in [6, 6.07) is 8.31. The monoisotopic (exact) mass is 164 g/mol. The number of benzene rings is 1. The van der Waals surface area contributed by atoms with Crippen LogP contribution in [0.3, 0.4) is 0 Å². The number of hydrogen-bond donors (Lipinski definition) is 1. The normalized spacial score (nSPS) is 11.7. The Hall–Kier alpha value is -0.690. The highest BCUT2D eigenvalue weighted by molar-refractivity contribution is 7.83. The van der Waals surface area contributed by atoms with Crippen molar-refractivity contribution in [3.8, 4) is 0 Å². The lowest BCUT2D eigenvalue weighted by Crippen LogP contribution is -1.82. The van der Waals surface area contributed by atoms with Crippen LogP contribution < -0.4 is 0 Å². The Balaban J connectivity index is 3.14. The molecule has 11 heavy (non-hydrogen) atoms. The molecule has 0 heterocycles. The zero-order valence-corrected chi connectivity index (χ0v) is 7.73. The minimum absolute atomic E-state index is 1.21. The Morgan fingerprint density at radius 3 is 2.55 bits per heavy atom. The van der Waals surface area contributed by atoms with E-state index in [0.717, 1.165) is 0 Å². The fourth-order valence-corrected chi connectivity index (χ4v) is 1.22. The van der Waals surface area contributed by atoms with Gasteiger partial charge in [0.05, 0.1) is 0 Å². The molecule has 0 amide bonds. The second kappa shape index (κ2) is 3.63. The van der Waals surface area contributed by atoms with Crippen LogP contribution in [0.5, 0.6) is 0 Å². The van der Waals surface area contributed by atoms with Crippen molar-refractivity contribution in [2.75, 3.05) is 0 Å². The molecule has 0 spiro atoms. The topological polar surface area (TPSA) is 0 Å². The van der Waals surface area contributed by atoms with Gasteiger partial charge >= 0.3 is 0 Å². The molecule has 0 aromatic heterocycles. The van der Waals surface area contributed by atoms with E-state index in [2.05, 4.69) is 38.6 Å². The van der Waals surface area contributed by atoms with E-state index in [9.17, 15) is 0 Å². The maximum atomic E-state index is 4.11. The standard InChI is InChI=1S/C10H12S/c1-8-5-3-4-6-10(8)9(2)7-11/h3-7,11H,1-2H3/b9-7-. The van der Waals surface area contributed by atoms with E-state index < -0.39 is 0 Å². The third-order valence-corrected chi connectivity index (χ3v) is 2.15. The minimum atomic E-state index is 1.21. The fourth-order valence-electron chi connectivity index (χ4n) is 1.08. The molecule has 0 unspecified atom stereocenters. The van der Waals surface area contributed by atoms with Gasteiger partial charge in [0.25, 0.3) is 0 Å². The predicted molar refractivity (Wildman–Crippen MR) is 53.8 cm³/mol. The van der Waals surface area contributed by atoms with Crippen molar-refractivity contribution >= 4 is 18.2 Å². The Labute approximate surface area is 73.4 Å². The van der Waals surface area contributed by atoms with Crippen LogP contribution in [0, 0.1) is 6.92 Å². The summed E-state index contributed by atoms with van der Waals surface area (Å²) in [4.78, 5) is 0. The molecule has 1 rings (SSSR count). The molecule has 0 aliphatic carbocycles. The molecule has 0 atom stereocenters. The molecule has 0 radical (unpaired) electrons. The number of aryl methyl sites for hydroxylation is 1. The van der Waals surface area contributed by atoms with Crippen LogP contribution in [0.25, 0.3) is 5.57 Å². The first-order valence-electron chi connectivity index (χ1n) is 3.62. The summed E-state index contributed by atoms with van der Waals surface area (Å²) in [7, 11) is 0. The van der Waals surface area contributed by atoms with Gasteiger partial charge in [-0.25, -0.2) is 0 Å². The van der Waals surface area contributed by atoms with Crippen LogP contribution in [-0.2, 0) is 0 Å². The second-order valence-electron chi connectivity index (χ2n) is 2.63. The largest absolute Gasteiger partial charge is 0.151 e. The maximum absolute atomic E-state index is 4.11. The maximum Gasteiger partial charge on any atom is -0.0193 e. The quantitative estimate of drug-likeness (QED) is 0.605. The summed E-state index contributed by atoms with van der Waals surface area (Å²) in [6.07, 6.45) is 0. The summed E-state index contributed by atoms with van der Waals surface area (Å²) in [6.45, 7) is 4.17. The van der Waals surface area contributed by atoms with Crippen molar-refractivity contribution in [2.24, 2.45) is 0 Å². The van der Waals surface area contributed by atoms with Gasteiger partial charge in [0, 0.05) is 0 Å². The van der Waals surface area contributed by atoms with E-state index in [4.69, 9.17) is 0 Å². The molecule has 0 aliphatic heterocycles. The SMILES string of the molecule is C/C(=C/S)c1ccccc1C. The zero-order chi connectivity index (χ0) is 8.27. The molecule has 0 nitrogen and oxygen atoms in total. The van der Waals surface area contributed by atoms with Crippen molar-refractivity contribution in [2.45, 2.75) is 13.8 Å². The highest BCUT2D eigenvalue weighted by atomic mass is 32.1. The van der Waals surface area contributed by atoms with Crippen molar-refractivity contribution < 1.29 is 0 Å². The first kappa shape index (κ1) is 8.41. The summed E-state index contributed by atoms with van der Waals surface area (Å²) in [5.41, 5.74) is 3.80. The molecular weight excluding hydrogens is 152 g/mol. The van der Waals surface area contributed by atoms with Gasteiger partial charge in [0.15, 0.2) is 0 Å². The molecule has 58 valence electrons. The lowest BCUT2D eigenvalue weighted by atomic mass is 10.0. The van der Waals surface area contributed by atoms with Crippen molar-refractivity contribution in [1.29, 1.82) is 0 Å². The Bertz CT molecular complexity index is 274. The van der Waals surface area contributed by atoms with E-state index in [1.165, 1.54) is 16.7 Å². The van der Waals surface area contributed by atoms with Crippen molar-refractivity contribution in [3.05, 3.63) is 40.8 Å². The third kappa shape index (κ3) is 1.87. The smallest absolute Gasteiger partial charge is 0.0193 e. The zero-order valence-electron chi connectivity index (χ0n) is 6.83. The van der Waals surface area contributed by atoms with Gasteiger partial charge < -0.3 is 0 Å². The summed E-state index contributed by atoms with van der Waals surface area (Å²) >= 11 is 4.11. The van der Waals surface area contributed by atoms with Crippen molar-refractivity contribution in [1.82, 2.24) is 0 Å². The molecule has 1 heteroatoms. The number of thiol groups is 1. The van der Waals surface area contributed by atoms with Gasteiger partial charge in [0.1, 0.15) is 0 Å². The molecular formula is C10H12S. The van der Waals surface area contributed by atoms with E-state index in [1.54, 1.807) is 0 Å². The van der Waals surface area contributed by atoms with Gasteiger partial charge in [-0.3, -0.25) is 0 Å². The molecule has 0 saturated carbocycles. The highest BCUT2D eigenvalue weighted by Gasteiger charge is 1.96. The average molecular weight is 164 g/mol. The molecule has 1 aromatic carbocycles. The van der Waals surface area contributed by atoms with Crippen LogP contribution in [-0.4, -0.2) is 0 Å². The summed E-state index contributed by atoms with van der Waals surface area (Å²) < 4.78 is 0.